The monoisotopic (exact) mass is 498 g/mol. The van der Waals surface area contributed by atoms with Crippen molar-refractivity contribution in [3.05, 3.63) is 79.3 Å². The number of carbonyl (C=O) groups excluding carboxylic acids is 1. The topological polar surface area (TPSA) is 110 Å². The molecule has 3 heterocycles. The predicted octanol–water partition coefficient (Wildman–Crippen LogP) is 5.04. The van der Waals surface area contributed by atoms with Gasteiger partial charge in [-0.25, -0.2) is 9.37 Å². The van der Waals surface area contributed by atoms with E-state index >= 15 is 0 Å². The van der Waals surface area contributed by atoms with Gasteiger partial charge < -0.3 is 16.0 Å². The molecule has 0 aliphatic carbocycles. The van der Waals surface area contributed by atoms with Crippen molar-refractivity contribution < 1.29 is 22.4 Å². The molecule has 4 rings (SSSR count). The van der Waals surface area contributed by atoms with Crippen molar-refractivity contribution in [2.24, 2.45) is 7.05 Å². The van der Waals surface area contributed by atoms with Gasteiger partial charge in [0.15, 0.2) is 0 Å². The SMILES string of the molecule is C=CC(=O)Nc1ccc(F)c(Nc2nc(Nc3cnn(C)c3)ncc2-c2ccc(C(F)(F)F)nc2)c1. The number of rotatable bonds is 7. The van der Waals surface area contributed by atoms with E-state index in [9.17, 15) is 22.4 Å². The standard InChI is InChI=1S/C23H18F4N8O/c1-3-20(36)31-14-5-6-17(24)18(8-14)33-21-16(13-4-7-19(28-9-13)23(25,26)27)11-29-22(34-21)32-15-10-30-35(2)12-15/h3-12H,1H2,2H3,(H,31,36)(H2,29,32,33,34). The van der Waals surface area contributed by atoms with Crippen LogP contribution in [-0.2, 0) is 18.0 Å². The number of halogens is 4. The van der Waals surface area contributed by atoms with Gasteiger partial charge in [-0.3, -0.25) is 14.5 Å². The van der Waals surface area contributed by atoms with E-state index < -0.39 is 23.6 Å². The van der Waals surface area contributed by atoms with Crippen molar-refractivity contribution in [2.75, 3.05) is 16.0 Å². The highest BCUT2D eigenvalue weighted by atomic mass is 19.4. The van der Waals surface area contributed by atoms with Crippen LogP contribution in [0, 0.1) is 5.82 Å². The van der Waals surface area contributed by atoms with Gasteiger partial charge >= 0.3 is 6.18 Å². The number of amides is 1. The van der Waals surface area contributed by atoms with E-state index in [0.717, 1.165) is 24.4 Å². The Balaban J connectivity index is 1.74. The summed E-state index contributed by atoms with van der Waals surface area (Å²) in [6, 6.07) is 5.87. The van der Waals surface area contributed by atoms with Crippen molar-refractivity contribution in [2.45, 2.75) is 6.18 Å². The van der Waals surface area contributed by atoms with Gasteiger partial charge in [-0.15, -0.1) is 0 Å². The zero-order valence-corrected chi connectivity index (χ0v) is 18.6. The number of hydrogen-bond acceptors (Lipinski definition) is 7. The minimum atomic E-state index is -4.60. The molecule has 0 bridgehead atoms. The molecule has 0 aliphatic rings. The van der Waals surface area contributed by atoms with Gasteiger partial charge in [-0.1, -0.05) is 12.6 Å². The van der Waals surface area contributed by atoms with E-state index in [4.69, 9.17) is 0 Å². The minimum Gasteiger partial charge on any atom is -0.337 e. The van der Waals surface area contributed by atoms with Crippen LogP contribution < -0.4 is 16.0 Å². The summed E-state index contributed by atoms with van der Waals surface area (Å²) in [5, 5.41) is 12.3. The van der Waals surface area contributed by atoms with E-state index in [1.807, 2.05) is 0 Å². The number of carbonyl (C=O) groups is 1. The second-order valence-electron chi connectivity index (χ2n) is 7.43. The number of hydrogen-bond donors (Lipinski definition) is 3. The molecule has 13 heteroatoms. The third-order valence-corrected chi connectivity index (χ3v) is 4.79. The lowest BCUT2D eigenvalue weighted by molar-refractivity contribution is -0.141. The zero-order valence-electron chi connectivity index (χ0n) is 18.6. The smallest absolute Gasteiger partial charge is 0.337 e. The molecular formula is C23H18F4N8O. The maximum atomic E-state index is 14.6. The Labute approximate surface area is 201 Å². The van der Waals surface area contributed by atoms with Crippen molar-refractivity contribution in [1.82, 2.24) is 24.7 Å². The van der Waals surface area contributed by atoms with Crippen LogP contribution in [0.25, 0.3) is 11.1 Å². The fraction of sp³-hybridized carbons (Fsp3) is 0.0870. The molecule has 3 N–H and O–H groups in total. The highest BCUT2D eigenvalue weighted by Gasteiger charge is 2.32. The summed E-state index contributed by atoms with van der Waals surface area (Å²) in [5.41, 5.74) is 0.261. The zero-order chi connectivity index (χ0) is 25.9. The largest absolute Gasteiger partial charge is 0.433 e. The predicted molar refractivity (Wildman–Crippen MR) is 125 cm³/mol. The van der Waals surface area contributed by atoms with Crippen LogP contribution in [0.1, 0.15) is 5.69 Å². The van der Waals surface area contributed by atoms with Crippen LogP contribution in [0.4, 0.5) is 46.4 Å². The molecule has 3 aromatic heterocycles. The molecule has 0 saturated heterocycles. The Morgan fingerprint density at radius 3 is 2.50 bits per heavy atom. The molecule has 0 unspecified atom stereocenters. The molecular weight excluding hydrogens is 480 g/mol. The molecule has 184 valence electrons. The second kappa shape index (κ2) is 9.82. The maximum absolute atomic E-state index is 14.6. The van der Waals surface area contributed by atoms with Crippen LogP contribution >= 0.6 is 0 Å². The fourth-order valence-electron chi connectivity index (χ4n) is 3.10. The van der Waals surface area contributed by atoms with E-state index in [1.165, 1.54) is 30.6 Å². The van der Waals surface area contributed by atoms with Gasteiger partial charge in [0.2, 0.25) is 11.9 Å². The molecule has 0 aliphatic heterocycles. The summed E-state index contributed by atoms with van der Waals surface area (Å²) < 4.78 is 55.1. The van der Waals surface area contributed by atoms with Crippen LogP contribution in [0.15, 0.2) is 67.8 Å². The Kier molecular flexibility index (Phi) is 6.63. The number of aromatic nitrogens is 5. The van der Waals surface area contributed by atoms with Crippen LogP contribution in [-0.4, -0.2) is 30.6 Å². The number of nitrogens with one attached hydrogen (secondary N) is 3. The summed E-state index contributed by atoms with van der Waals surface area (Å²) >= 11 is 0. The summed E-state index contributed by atoms with van der Waals surface area (Å²) in [6.07, 6.45) is 2.06. The lowest BCUT2D eigenvalue weighted by Crippen LogP contribution is -2.09. The Hall–Kier alpha value is -4.81. The van der Waals surface area contributed by atoms with E-state index in [0.29, 0.717) is 5.69 Å². The van der Waals surface area contributed by atoms with E-state index in [1.54, 1.807) is 17.9 Å². The van der Waals surface area contributed by atoms with Crippen molar-refractivity contribution in [1.29, 1.82) is 0 Å². The van der Waals surface area contributed by atoms with Crippen molar-refractivity contribution >= 4 is 34.7 Å². The Morgan fingerprint density at radius 2 is 1.86 bits per heavy atom. The number of nitrogens with zero attached hydrogens (tertiary/aromatic N) is 5. The highest BCUT2D eigenvalue weighted by Crippen LogP contribution is 2.33. The molecule has 1 amide bonds. The van der Waals surface area contributed by atoms with Gasteiger partial charge in [-0.2, -0.15) is 23.3 Å². The number of aryl methyl sites for hydroxylation is 1. The Morgan fingerprint density at radius 1 is 1.06 bits per heavy atom. The van der Waals surface area contributed by atoms with E-state index in [-0.39, 0.29) is 34.3 Å². The van der Waals surface area contributed by atoms with Crippen LogP contribution in [0.3, 0.4) is 0 Å². The summed E-state index contributed by atoms with van der Waals surface area (Å²) in [7, 11) is 1.72. The lowest BCUT2D eigenvalue weighted by Gasteiger charge is -2.15. The first-order valence-electron chi connectivity index (χ1n) is 10.3. The quantitative estimate of drug-likeness (QED) is 0.242. The van der Waals surface area contributed by atoms with Gasteiger partial charge in [0.1, 0.15) is 17.3 Å². The first-order chi connectivity index (χ1) is 17.1. The second-order valence-corrected chi connectivity index (χ2v) is 7.43. The molecule has 0 fully saturated rings. The maximum Gasteiger partial charge on any atom is 0.433 e. The molecule has 36 heavy (non-hydrogen) atoms. The average molecular weight is 498 g/mol. The minimum absolute atomic E-state index is 0.0518. The third kappa shape index (κ3) is 5.63. The number of anilines is 5. The van der Waals surface area contributed by atoms with Crippen LogP contribution in [0.5, 0.6) is 0 Å². The summed E-state index contributed by atoms with van der Waals surface area (Å²) in [6.45, 7) is 3.37. The van der Waals surface area contributed by atoms with Gasteiger partial charge in [-0.05, 0) is 30.3 Å². The van der Waals surface area contributed by atoms with Gasteiger partial charge in [0.25, 0.3) is 0 Å². The molecule has 4 aromatic rings. The molecule has 0 spiro atoms. The lowest BCUT2D eigenvalue weighted by atomic mass is 10.1. The van der Waals surface area contributed by atoms with Crippen molar-refractivity contribution in [3.8, 4) is 11.1 Å². The van der Waals surface area contributed by atoms with Crippen LogP contribution in [0.2, 0.25) is 0 Å². The normalized spacial score (nSPS) is 11.1. The Bertz CT molecular complexity index is 1420. The average Bonchev–Trinajstić information content (AvgIpc) is 3.25. The number of benzene rings is 1. The van der Waals surface area contributed by atoms with Crippen molar-refractivity contribution in [3.63, 3.8) is 0 Å². The molecule has 1 aromatic carbocycles. The molecule has 9 nitrogen and oxygen atoms in total. The first kappa shape index (κ1) is 24.3. The van der Waals surface area contributed by atoms with E-state index in [2.05, 4.69) is 42.6 Å². The molecule has 0 radical (unpaired) electrons. The third-order valence-electron chi connectivity index (χ3n) is 4.79. The van der Waals surface area contributed by atoms with Gasteiger partial charge in [0.05, 0.1) is 17.6 Å². The highest BCUT2D eigenvalue weighted by molar-refractivity contribution is 5.99. The summed E-state index contributed by atoms with van der Waals surface area (Å²) in [4.78, 5) is 23.7. The number of alkyl halides is 3. The number of pyridine rings is 1. The summed E-state index contributed by atoms with van der Waals surface area (Å²) in [5.74, 6) is -0.966. The molecule has 0 atom stereocenters. The first-order valence-corrected chi connectivity index (χ1v) is 10.3. The fourth-order valence-corrected chi connectivity index (χ4v) is 3.10. The van der Waals surface area contributed by atoms with Gasteiger partial charge in [0, 0.05) is 42.5 Å². The molecule has 0 saturated carbocycles.